The first-order valence-electron chi connectivity index (χ1n) is 15.8. The van der Waals surface area contributed by atoms with E-state index in [1.54, 1.807) is 7.11 Å². The molecule has 0 saturated heterocycles. The first-order chi connectivity index (χ1) is 23.2. The van der Waals surface area contributed by atoms with Gasteiger partial charge in [0.05, 0.1) is 18.1 Å². The highest BCUT2D eigenvalue weighted by atomic mass is 16.5. The molecule has 0 aliphatic rings. The van der Waals surface area contributed by atoms with Crippen LogP contribution in [0.2, 0.25) is 0 Å². The van der Waals surface area contributed by atoms with Crippen LogP contribution < -0.4 is 4.74 Å². The molecule has 0 fully saturated rings. The molecule has 0 spiro atoms. The molecule has 0 bridgehead atoms. The van der Waals surface area contributed by atoms with Gasteiger partial charge in [-0.2, -0.15) is 0 Å². The Morgan fingerprint density at radius 1 is 0.574 bits per heavy atom. The summed E-state index contributed by atoms with van der Waals surface area (Å²) >= 11 is 0. The van der Waals surface area contributed by atoms with E-state index in [0.717, 1.165) is 72.3 Å². The van der Waals surface area contributed by atoms with Crippen molar-refractivity contribution in [3.63, 3.8) is 0 Å². The first kappa shape index (κ1) is 27.1. The van der Waals surface area contributed by atoms with E-state index in [1.165, 1.54) is 16.7 Å². The Morgan fingerprint density at radius 2 is 1.23 bits per heavy atom. The predicted molar refractivity (Wildman–Crippen MR) is 193 cm³/mol. The smallest absolute Gasteiger partial charge is 0.149 e. The molecule has 5 heteroatoms. The number of aromatic nitrogens is 4. The lowest BCUT2D eigenvalue weighted by molar-refractivity contribution is 0.415. The molecule has 0 saturated carbocycles. The van der Waals surface area contributed by atoms with Gasteiger partial charge in [0.25, 0.3) is 0 Å². The van der Waals surface area contributed by atoms with Gasteiger partial charge in [-0.1, -0.05) is 91.0 Å². The largest absolute Gasteiger partial charge is 0.497 e. The number of fused-ring (bicyclic) bond motifs is 6. The number of pyridine rings is 2. The Labute approximate surface area is 272 Å². The Kier molecular flexibility index (Phi) is 6.18. The summed E-state index contributed by atoms with van der Waals surface area (Å²) in [5.41, 5.74) is 10.9. The third-order valence-electron chi connectivity index (χ3n) is 9.23. The number of ether oxygens (including phenoxy) is 1. The monoisotopic (exact) mass is 606 g/mol. The second-order valence-corrected chi connectivity index (χ2v) is 11.9. The molecule has 224 valence electrons. The summed E-state index contributed by atoms with van der Waals surface area (Å²) in [6.07, 6.45) is 1.84. The van der Waals surface area contributed by atoms with Crippen LogP contribution in [-0.4, -0.2) is 26.2 Å². The molecular formula is C42H30N4O. The first-order valence-corrected chi connectivity index (χ1v) is 15.8. The highest BCUT2D eigenvalue weighted by Gasteiger charge is 2.25. The molecule has 4 heterocycles. The maximum Gasteiger partial charge on any atom is 0.149 e. The minimum Gasteiger partial charge on any atom is -0.497 e. The van der Waals surface area contributed by atoms with Crippen molar-refractivity contribution in [3.05, 3.63) is 151 Å². The maximum absolute atomic E-state index is 5.61. The zero-order valence-electron chi connectivity index (χ0n) is 26.1. The second-order valence-electron chi connectivity index (χ2n) is 11.9. The summed E-state index contributed by atoms with van der Waals surface area (Å²) in [6, 6.07) is 48.9. The maximum atomic E-state index is 5.61. The van der Waals surface area contributed by atoms with Crippen molar-refractivity contribution < 1.29 is 4.74 Å². The van der Waals surface area contributed by atoms with Crippen molar-refractivity contribution >= 4 is 43.9 Å². The van der Waals surface area contributed by atoms with Crippen molar-refractivity contribution in [3.8, 4) is 39.5 Å². The SMILES string of the molecule is COc1ccc(-c2c3c4ccccc4n(-c4cccc(-c5ccccc5C)c4)c3nc3c2c2ccccc2n3-c2ccccn2)cc1. The van der Waals surface area contributed by atoms with Crippen molar-refractivity contribution in [2.45, 2.75) is 6.92 Å². The van der Waals surface area contributed by atoms with Gasteiger partial charge in [-0.05, 0) is 77.7 Å². The van der Waals surface area contributed by atoms with Gasteiger partial charge in [0.15, 0.2) is 0 Å². The standard InChI is InChI=1S/C42H30N4O/c1-27-12-3-4-15-32(27)29-13-11-14-30(26-29)45-35-18-7-5-16-33(35)39-38(28-21-23-31(47-2)24-22-28)40-34-17-6-8-19-36(34)46(42(40)44-41(39)45)37-20-9-10-25-43-37/h3-26H,1-2H3. The highest BCUT2D eigenvalue weighted by molar-refractivity contribution is 6.26. The van der Waals surface area contributed by atoms with E-state index < -0.39 is 0 Å². The third kappa shape index (κ3) is 4.17. The van der Waals surface area contributed by atoms with Crippen LogP contribution in [0.25, 0.3) is 77.6 Å². The van der Waals surface area contributed by atoms with E-state index in [-0.39, 0.29) is 0 Å². The van der Waals surface area contributed by atoms with E-state index in [9.17, 15) is 0 Å². The van der Waals surface area contributed by atoms with Gasteiger partial charge < -0.3 is 4.74 Å². The molecule has 0 radical (unpaired) electrons. The number of hydrogen-bond acceptors (Lipinski definition) is 3. The van der Waals surface area contributed by atoms with Crippen LogP contribution in [0.5, 0.6) is 5.75 Å². The molecule has 0 amide bonds. The van der Waals surface area contributed by atoms with Gasteiger partial charge in [0.2, 0.25) is 0 Å². The predicted octanol–water partition coefficient (Wildman–Crippen LogP) is 10.3. The number of hydrogen-bond donors (Lipinski definition) is 0. The summed E-state index contributed by atoms with van der Waals surface area (Å²) in [4.78, 5) is 10.4. The van der Waals surface area contributed by atoms with Crippen molar-refractivity contribution in [1.29, 1.82) is 0 Å². The van der Waals surface area contributed by atoms with Crippen LogP contribution in [0.15, 0.2) is 146 Å². The zero-order valence-corrected chi connectivity index (χ0v) is 26.1. The molecule has 5 nitrogen and oxygen atoms in total. The summed E-state index contributed by atoms with van der Waals surface area (Å²) in [6.45, 7) is 2.17. The van der Waals surface area contributed by atoms with Gasteiger partial charge >= 0.3 is 0 Å². The zero-order chi connectivity index (χ0) is 31.5. The number of nitrogens with zero attached hydrogens (tertiary/aromatic N) is 4. The van der Waals surface area contributed by atoms with E-state index in [0.29, 0.717) is 0 Å². The molecule has 0 unspecified atom stereocenters. The molecule has 0 aliphatic carbocycles. The van der Waals surface area contributed by atoms with Crippen molar-refractivity contribution in [2.24, 2.45) is 0 Å². The fourth-order valence-electron chi connectivity index (χ4n) is 7.12. The normalized spacial score (nSPS) is 11.6. The van der Waals surface area contributed by atoms with Crippen LogP contribution in [0.1, 0.15) is 5.56 Å². The Morgan fingerprint density at radius 3 is 1.94 bits per heavy atom. The fourth-order valence-corrected chi connectivity index (χ4v) is 7.12. The molecule has 9 rings (SSSR count). The molecule has 9 aromatic rings. The summed E-state index contributed by atoms with van der Waals surface area (Å²) in [5, 5.41) is 4.49. The number of methoxy groups -OCH3 is 1. The van der Waals surface area contributed by atoms with Crippen molar-refractivity contribution in [1.82, 2.24) is 19.1 Å². The Hall–Kier alpha value is -6.20. The minimum absolute atomic E-state index is 0.821. The van der Waals surface area contributed by atoms with Gasteiger partial charge in [0, 0.05) is 39.0 Å². The van der Waals surface area contributed by atoms with Crippen molar-refractivity contribution in [2.75, 3.05) is 7.11 Å². The van der Waals surface area contributed by atoms with E-state index >= 15 is 0 Å². The molecule has 5 aromatic carbocycles. The van der Waals surface area contributed by atoms with E-state index in [4.69, 9.17) is 14.7 Å². The number of benzene rings is 5. The summed E-state index contributed by atoms with van der Waals surface area (Å²) in [5.74, 6) is 1.65. The number of rotatable bonds is 5. The molecular weight excluding hydrogens is 576 g/mol. The minimum atomic E-state index is 0.821. The molecule has 0 aliphatic heterocycles. The topological polar surface area (TPSA) is 44.9 Å². The lowest BCUT2D eigenvalue weighted by Crippen LogP contribution is -2.01. The molecule has 0 atom stereocenters. The summed E-state index contributed by atoms with van der Waals surface area (Å²) < 4.78 is 10.1. The number of para-hydroxylation sites is 2. The van der Waals surface area contributed by atoms with Crippen LogP contribution >= 0.6 is 0 Å². The lowest BCUT2D eigenvalue weighted by atomic mass is 9.96. The van der Waals surface area contributed by atoms with Gasteiger partial charge in [-0.25, -0.2) is 9.97 Å². The second kappa shape index (κ2) is 10.7. The average Bonchev–Trinajstić information content (AvgIpc) is 3.64. The highest BCUT2D eigenvalue weighted by Crippen LogP contribution is 2.45. The van der Waals surface area contributed by atoms with Crippen LogP contribution in [0.4, 0.5) is 0 Å². The average molecular weight is 607 g/mol. The Balaban J connectivity index is 1.48. The third-order valence-corrected chi connectivity index (χ3v) is 9.23. The lowest BCUT2D eigenvalue weighted by Gasteiger charge is -2.13. The summed E-state index contributed by atoms with van der Waals surface area (Å²) in [7, 11) is 1.71. The number of aryl methyl sites for hydroxylation is 1. The molecule has 4 aromatic heterocycles. The molecule has 0 N–H and O–H groups in total. The quantitative estimate of drug-likeness (QED) is 0.196. The van der Waals surface area contributed by atoms with Gasteiger partial charge in [-0.15, -0.1) is 0 Å². The molecule has 47 heavy (non-hydrogen) atoms. The van der Waals surface area contributed by atoms with Gasteiger partial charge in [0.1, 0.15) is 22.9 Å². The van der Waals surface area contributed by atoms with Crippen LogP contribution in [0.3, 0.4) is 0 Å². The van der Waals surface area contributed by atoms with E-state index in [1.807, 2.05) is 36.5 Å². The van der Waals surface area contributed by atoms with E-state index in [2.05, 4.69) is 125 Å². The van der Waals surface area contributed by atoms with Gasteiger partial charge in [-0.3, -0.25) is 9.13 Å². The van der Waals surface area contributed by atoms with Crippen LogP contribution in [0, 0.1) is 6.92 Å². The Bertz CT molecular complexity index is 2610. The fraction of sp³-hybridized carbons (Fsp3) is 0.0476. The van der Waals surface area contributed by atoms with Crippen LogP contribution in [-0.2, 0) is 0 Å².